The fraction of sp³-hybridized carbons (Fsp3) is 0.556. The molecule has 0 radical (unpaired) electrons. The van der Waals surface area contributed by atoms with E-state index in [0.717, 1.165) is 11.4 Å². The van der Waals surface area contributed by atoms with Crippen LogP contribution in [0.15, 0.2) is 22.6 Å². The van der Waals surface area contributed by atoms with Gasteiger partial charge in [0.2, 0.25) is 0 Å². The van der Waals surface area contributed by atoms with E-state index in [4.69, 9.17) is 13.5 Å². The molecule has 0 aromatic heterocycles. The van der Waals surface area contributed by atoms with E-state index in [-0.39, 0.29) is 0 Å². The smallest absolute Gasteiger partial charge is 0.380 e. The predicted molar refractivity (Wildman–Crippen MR) is 62.7 cm³/mol. The summed E-state index contributed by atoms with van der Waals surface area (Å²) in [6.07, 6.45) is 0. The van der Waals surface area contributed by atoms with Crippen molar-refractivity contribution in [3.8, 4) is 0 Å². The molecule has 0 atom stereocenters. The van der Waals surface area contributed by atoms with E-state index in [1.807, 2.05) is 27.7 Å². The molecule has 0 aliphatic rings. The van der Waals surface area contributed by atoms with Crippen molar-refractivity contribution >= 4 is 20.2 Å². The first kappa shape index (κ1) is 13.9. The quantitative estimate of drug-likeness (QED) is 0.399. The molecule has 0 saturated heterocycles. The Morgan fingerprint density at radius 1 is 1.07 bits per heavy atom. The van der Waals surface area contributed by atoms with E-state index in [1.54, 1.807) is 0 Å². The van der Waals surface area contributed by atoms with Crippen molar-refractivity contribution < 1.29 is 13.5 Å². The summed E-state index contributed by atoms with van der Waals surface area (Å²) in [6.45, 7) is 10.9. The molecule has 0 bridgehead atoms. The average molecular weight is 230 g/mol. The van der Waals surface area contributed by atoms with Crippen molar-refractivity contribution in [3.05, 3.63) is 12.3 Å². The fourth-order valence-electron chi connectivity index (χ4n) is 0.559. The molecule has 0 N–H and O–H groups in total. The summed E-state index contributed by atoms with van der Waals surface area (Å²) < 4.78 is 15.5. The Morgan fingerprint density at radius 2 is 1.47 bits per heavy atom. The van der Waals surface area contributed by atoms with Crippen LogP contribution >= 0.6 is 0 Å². The van der Waals surface area contributed by atoms with Gasteiger partial charge in [-0.15, -0.1) is 10.3 Å². The normalized spacial score (nSPS) is 10.2. The van der Waals surface area contributed by atoms with Crippen LogP contribution in [-0.4, -0.2) is 27.3 Å². The van der Waals surface area contributed by atoms with Gasteiger partial charge in [0, 0.05) is 24.2 Å². The lowest BCUT2D eigenvalue weighted by atomic mass is 10.5. The van der Waals surface area contributed by atoms with Crippen molar-refractivity contribution in [2.75, 3.05) is 7.11 Å². The summed E-state index contributed by atoms with van der Waals surface area (Å²) in [6, 6.07) is 0. The second-order valence-electron chi connectivity index (χ2n) is 3.27. The highest BCUT2D eigenvalue weighted by atomic mass is 28.4. The third-order valence-corrected chi connectivity index (χ3v) is 3.01. The van der Waals surface area contributed by atoms with E-state index in [2.05, 4.69) is 16.9 Å². The van der Waals surface area contributed by atoms with Gasteiger partial charge in [0.15, 0.2) is 0 Å². The first-order valence-corrected chi connectivity index (χ1v) is 6.33. The zero-order valence-electron chi connectivity index (χ0n) is 9.90. The topological polar surface area (TPSA) is 52.4 Å². The number of oxime groups is 2. The van der Waals surface area contributed by atoms with Crippen LogP contribution in [0.25, 0.3) is 0 Å². The number of hydrogen-bond acceptors (Lipinski definition) is 5. The Balaban J connectivity index is 4.65. The molecule has 0 rings (SSSR count). The minimum absolute atomic E-state index is 0.770. The molecule has 0 aromatic rings. The maximum atomic E-state index is 5.20. The Morgan fingerprint density at radius 3 is 1.67 bits per heavy atom. The average Bonchev–Trinajstić information content (AvgIpc) is 2.19. The maximum Gasteiger partial charge on any atom is 0.702 e. The zero-order chi connectivity index (χ0) is 11.9. The highest BCUT2D eigenvalue weighted by molar-refractivity contribution is 6.66. The lowest BCUT2D eigenvalue weighted by Gasteiger charge is -2.18. The van der Waals surface area contributed by atoms with Crippen molar-refractivity contribution in [2.45, 2.75) is 27.7 Å². The fourth-order valence-corrected chi connectivity index (χ4v) is 1.68. The van der Waals surface area contributed by atoms with Crippen LogP contribution in [-0.2, 0) is 13.5 Å². The third kappa shape index (κ3) is 5.33. The largest absolute Gasteiger partial charge is 0.702 e. The molecule has 0 aromatic carbocycles. The summed E-state index contributed by atoms with van der Waals surface area (Å²) in [7, 11) is -1.50. The maximum absolute atomic E-state index is 5.20. The second kappa shape index (κ2) is 6.36. The highest BCUT2D eigenvalue weighted by Crippen LogP contribution is 2.11. The monoisotopic (exact) mass is 230 g/mol. The van der Waals surface area contributed by atoms with Gasteiger partial charge in [-0.3, -0.25) is 0 Å². The van der Waals surface area contributed by atoms with E-state index in [1.165, 1.54) is 12.8 Å². The van der Waals surface area contributed by atoms with Gasteiger partial charge in [0.1, 0.15) is 0 Å². The lowest BCUT2D eigenvalue weighted by molar-refractivity contribution is 0.0964. The van der Waals surface area contributed by atoms with Crippen LogP contribution < -0.4 is 0 Å². The molecule has 5 nitrogen and oxygen atoms in total. The van der Waals surface area contributed by atoms with Gasteiger partial charge in [-0.1, -0.05) is 6.58 Å². The highest BCUT2D eigenvalue weighted by Gasteiger charge is 2.43. The van der Waals surface area contributed by atoms with Crippen molar-refractivity contribution in [3.63, 3.8) is 0 Å². The summed E-state index contributed by atoms with van der Waals surface area (Å²) in [5.74, 6) is 0. The molecular weight excluding hydrogens is 212 g/mol. The molecule has 15 heavy (non-hydrogen) atoms. The van der Waals surface area contributed by atoms with E-state index >= 15 is 0 Å². The molecule has 6 heteroatoms. The van der Waals surface area contributed by atoms with Gasteiger partial charge in [-0.25, -0.2) is 0 Å². The van der Waals surface area contributed by atoms with Gasteiger partial charge >= 0.3 is 8.80 Å². The van der Waals surface area contributed by atoms with Gasteiger partial charge in [0.25, 0.3) is 0 Å². The number of rotatable bonds is 6. The van der Waals surface area contributed by atoms with Crippen LogP contribution in [0, 0.1) is 0 Å². The molecule has 0 amide bonds. The standard InChI is InChI=1S/C9H18N2O3Si/c1-7-15(12-6,13-10-8(2)3)14-11-9(4)5/h7H,1H2,2-6H3. The van der Waals surface area contributed by atoms with E-state index in [0.29, 0.717) is 0 Å². The summed E-state index contributed by atoms with van der Waals surface area (Å²) in [5.41, 5.74) is 3.02. The molecule has 0 spiro atoms. The summed E-state index contributed by atoms with van der Waals surface area (Å²) in [4.78, 5) is 0. The van der Waals surface area contributed by atoms with Gasteiger partial charge < -0.3 is 13.5 Å². The Hall–Kier alpha value is -1.14. The Kier molecular flexibility index (Phi) is 5.88. The molecule has 0 unspecified atom stereocenters. The lowest BCUT2D eigenvalue weighted by Crippen LogP contribution is -2.40. The Bertz CT molecular complexity index is 249. The SMILES string of the molecule is C=C[Si](OC)(ON=C(C)C)ON=C(C)C. The molecule has 0 saturated carbocycles. The second-order valence-corrected chi connectivity index (χ2v) is 5.66. The molecular formula is C9H18N2O3Si. The number of hydrogen-bond donors (Lipinski definition) is 0. The summed E-state index contributed by atoms with van der Waals surface area (Å²) in [5, 5.41) is 7.61. The first-order valence-electron chi connectivity index (χ1n) is 4.53. The Labute approximate surface area is 91.8 Å². The minimum atomic E-state index is -2.98. The van der Waals surface area contributed by atoms with Crippen LogP contribution in [0.3, 0.4) is 0 Å². The van der Waals surface area contributed by atoms with E-state index in [9.17, 15) is 0 Å². The van der Waals surface area contributed by atoms with Crippen molar-refractivity contribution in [1.82, 2.24) is 0 Å². The van der Waals surface area contributed by atoms with Crippen molar-refractivity contribution in [2.24, 2.45) is 10.3 Å². The van der Waals surface area contributed by atoms with Gasteiger partial charge in [0.05, 0.1) is 0 Å². The summed E-state index contributed by atoms with van der Waals surface area (Å²) >= 11 is 0. The molecule has 86 valence electrons. The molecule has 0 aliphatic heterocycles. The van der Waals surface area contributed by atoms with Gasteiger partial charge in [-0.2, -0.15) is 0 Å². The molecule has 0 aliphatic carbocycles. The van der Waals surface area contributed by atoms with Gasteiger partial charge in [-0.05, 0) is 27.7 Å². The predicted octanol–water partition coefficient (Wildman–Crippen LogP) is 2.12. The minimum Gasteiger partial charge on any atom is -0.380 e. The first-order chi connectivity index (χ1) is 6.95. The van der Waals surface area contributed by atoms with Crippen LogP contribution in [0.1, 0.15) is 27.7 Å². The third-order valence-electron chi connectivity index (χ3n) is 1.25. The number of nitrogens with zero attached hydrogens (tertiary/aromatic N) is 2. The molecule has 0 heterocycles. The molecule has 0 fully saturated rings. The van der Waals surface area contributed by atoms with Crippen LogP contribution in [0.4, 0.5) is 0 Å². The van der Waals surface area contributed by atoms with Crippen molar-refractivity contribution in [1.29, 1.82) is 0 Å². The van der Waals surface area contributed by atoms with E-state index < -0.39 is 8.80 Å². The van der Waals surface area contributed by atoms with Crippen LogP contribution in [0.5, 0.6) is 0 Å². The zero-order valence-corrected chi connectivity index (χ0v) is 10.9. The van der Waals surface area contributed by atoms with Crippen LogP contribution in [0.2, 0.25) is 0 Å².